The number of Topliss-reactive ketones (excluding diaryl/α,β-unsaturated/α-hetero) is 1. The summed E-state index contributed by atoms with van der Waals surface area (Å²) in [5, 5.41) is 8.93. The molecule has 1 N–H and O–H groups in total. The first-order valence-corrected chi connectivity index (χ1v) is 9.06. The summed E-state index contributed by atoms with van der Waals surface area (Å²) in [5.41, 5.74) is 2.14. The Labute approximate surface area is 154 Å². The molecule has 0 atom stereocenters. The van der Waals surface area contributed by atoms with Crippen LogP contribution < -0.4 is 0 Å². The van der Waals surface area contributed by atoms with Gasteiger partial charge in [-0.05, 0) is 54.3 Å². The van der Waals surface area contributed by atoms with Crippen LogP contribution in [0.1, 0.15) is 37.7 Å². The summed E-state index contributed by atoms with van der Waals surface area (Å²) in [6, 6.07) is 16.9. The van der Waals surface area contributed by atoms with Crippen molar-refractivity contribution in [3.63, 3.8) is 0 Å². The second-order valence-electron chi connectivity index (χ2n) is 5.94. The molecule has 0 fully saturated rings. The molecule has 3 rings (SSSR count). The Kier molecular flexibility index (Phi) is 5.58. The lowest BCUT2D eigenvalue weighted by Crippen LogP contribution is -2.00. The third-order valence-electron chi connectivity index (χ3n) is 4.04. The van der Waals surface area contributed by atoms with E-state index in [-0.39, 0.29) is 11.6 Å². The van der Waals surface area contributed by atoms with Crippen LogP contribution in [0.5, 0.6) is 0 Å². The highest BCUT2D eigenvalue weighted by atomic mass is 32.1. The van der Waals surface area contributed by atoms with Crippen LogP contribution in [0.15, 0.2) is 60.7 Å². The lowest BCUT2D eigenvalue weighted by atomic mass is 9.99. The summed E-state index contributed by atoms with van der Waals surface area (Å²) in [4.78, 5) is 24.6. The molecule has 3 aromatic rings. The molecule has 1 heterocycles. The number of ketones is 1. The summed E-state index contributed by atoms with van der Waals surface area (Å²) in [6.07, 6.45) is 1.71. The number of benzene rings is 2. The highest BCUT2D eigenvalue weighted by Gasteiger charge is 2.10. The van der Waals surface area contributed by atoms with Crippen molar-refractivity contribution in [2.24, 2.45) is 0 Å². The van der Waals surface area contributed by atoms with Gasteiger partial charge in [-0.3, -0.25) is 4.79 Å². The summed E-state index contributed by atoms with van der Waals surface area (Å²) in [5.74, 6) is -1.21. The van der Waals surface area contributed by atoms with Crippen molar-refractivity contribution >= 4 is 23.1 Å². The molecule has 0 bridgehead atoms. The smallest absolute Gasteiger partial charge is 0.345 e. The molecule has 1 aromatic heterocycles. The Morgan fingerprint density at radius 3 is 2.38 bits per heavy atom. The van der Waals surface area contributed by atoms with E-state index in [0.29, 0.717) is 29.7 Å². The fourth-order valence-corrected chi connectivity index (χ4v) is 3.62. The average molecular weight is 368 g/mol. The molecule has 0 spiro atoms. The van der Waals surface area contributed by atoms with Crippen molar-refractivity contribution in [1.29, 1.82) is 0 Å². The number of carboxylic acids is 1. The van der Waals surface area contributed by atoms with Crippen LogP contribution >= 0.6 is 11.3 Å². The molecule has 0 aliphatic heterocycles. The summed E-state index contributed by atoms with van der Waals surface area (Å²) in [7, 11) is 0. The Bertz CT molecular complexity index is 946. The van der Waals surface area contributed by atoms with E-state index in [0.717, 1.165) is 16.0 Å². The third-order valence-corrected chi connectivity index (χ3v) is 5.17. The molecule has 5 heteroatoms. The zero-order valence-corrected chi connectivity index (χ0v) is 14.8. The van der Waals surface area contributed by atoms with Crippen molar-refractivity contribution in [2.75, 3.05) is 0 Å². The van der Waals surface area contributed by atoms with Gasteiger partial charge >= 0.3 is 5.97 Å². The van der Waals surface area contributed by atoms with E-state index in [2.05, 4.69) is 0 Å². The van der Waals surface area contributed by atoms with Gasteiger partial charge in [0.15, 0.2) is 5.78 Å². The molecule has 0 saturated carbocycles. The Morgan fingerprint density at radius 2 is 1.69 bits per heavy atom. The molecule has 0 aliphatic carbocycles. The van der Waals surface area contributed by atoms with Gasteiger partial charge in [0.05, 0.1) is 0 Å². The number of rotatable bonds is 7. The lowest BCUT2D eigenvalue weighted by Gasteiger charge is -2.05. The monoisotopic (exact) mass is 368 g/mol. The fraction of sp³-hybridized carbons (Fsp3) is 0.143. The molecule has 132 valence electrons. The quantitative estimate of drug-likeness (QED) is 0.564. The average Bonchev–Trinajstić information content (AvgIpc) is 3.11. The van der Waals surface area contributed by atoms with Crippen LogP contribution in [-0.4, -0.2) is 16.9 Å². The highest BCUT2D eigenvalue weighted by Crippen LogP contribution is 2.23. The summed E-state index contributed by atoms with van der Waals surface area (Å²) >= 11 is 1.24. The SMILES string of the molecule is O=C(CCCc1ccc(C(=O)O)s1)c1cccc(-c2cccc(F)c2)c1. The molecule has 0 aliphatic rings. The van der Waals surface area contributed by atoms with Crippen LogP contribution in [0.3, 0.4) is 0 Å². The number of aryl methyl sites for hydroxylation is 1. The Hall–Kier alpha value is -2.79. The molecule has 0 radical (unpaired) electrons. The number of halogens is 1. The molecular formula is C21H17FO3S. The number of carbonyl (C=O) groups is 2. The molecule has 0 amide bonds. The van der Waals surface area contributed by atoms with Crippen LogP contribution in [0.4, 0.5) is 4.39 Å². The minimum Gasteiger partial charge on any atom is -0.477 e. The second-order valence-corrected chi connectivity index (χ2v) is 7.11. The lowest BCUT2D eigenvalue weighted by molar-refractivity contribution is 0.0702. The second kappa shape index (κ2) is 8.06. The van der Waals surface area contributed by atoms with Crippen molar-refractivity contribution in [3.05, 3.63) is 81.8 Å². The van der Waals surface area contributed by atoms with Crippen molar-refractivity contribution in [1.82, 2.24) is 0 Å². The highest BCUT2D eigenvalue weighted by molar-refractivity contribution is 7.13. The van der Waals surface area contributed by atoms with E-state index in [9.17, 15) is 14.0 Å². The summed E-state index contributed by atoms with van der Waals surface area (Å²) in [6.45, 7) is 0. The van der Waals surface area contributed by atoms with E-state index < -0.39 is 5.97 Å². The van der Waals surface area contributed by atoms with Gasteiger partial charge in [-0.1, -0.05) is 30.3 Å². The number of carboxylic acid groups (broad SMARTS) is 1. The molecule has 0 saturated heterocycles. The van der Waals surface area contributed by atoms with Crippen molar-refractivity contribution in [2.45, 2.75) is 19.3 Å². The minimum atomic E-state index is -0.925. The van der Waals surface area contributed by atoms with Gasteiger partial charge in [0, 0.05) is 16.9 Å². The maximum absolute atomic E-state index is 13.4. The molecule has 2 aromatic carbocycles. The molecule has 26 heavy (non-hydrogen) atoms. The zero-order valence-electron chi connectivity index (χ0n) is 13.9. The Balaban J connectivity index is 1.62. The van der Waals surface area contributed by atoms with Gasteiger partial charge in [-0.15, -0.1) is 11.3 Å². The fourth-order valence-electron chi connectivity index (χ4n) is 2.73. The van der Waals surface area contributed by atoms with Gasteiger partial charge < -0.3 is 5.11 Å². The van der Waals surface area contributed by atoms with Crippen LogP contribution in [0, 0.1) is 5.82 Å². The van der Waals surface area contributed by atoms with E-state index in [4.69, 9.17) is 5.11 Å². The molecule has 3 nitrogen and oxygen atoms in total. The first kappa shape index (κ1) is 18.0. The first-order valence-electron chi connectivity index (χ1n) is 8.24. The molecular weight excluding hydrogens is 351 g/mol. The number of aromatic carboxylic acids is 1. The van der Waals surface area contributed by atoms with Crippen molar-refractivity contribution in [3.8, 4) is 11.1 Å². The van der Waals surface area contributed by atoms with E-state index in [1.165, 1.54) is 23.5 Å². The van der Waals surface area contributed by atoms with Gasteiger partial charge in [-0.2, -0.15) is 0 Å². The van der Waals surface area contributed by atoms with E-state index in [1.807, 2.05) is 12.1 Å². The minimum absolute atomic E-state index is 0.0262. The van der Waals surface area contributed by atoms with Crippen LogP contribution in [0.2, 0.25) is 0 Å². The largest absolute Gasteiger partial charge is 0.477 e. The maximum Gasteiger partial charge on any atom is 0.345 e. The molecule has 0 unspecified atom stereocenters. The predicted octanol–water partition coefficient (Wildman–Crippen LogP) is 5.46. The van der Waals surface area contributed by atoms with Gasteiger partial charge in [-0.25, -0.2) is 9.18 Å². The first-order chi connectivity index (χ1) is 12.5. The topological polar surface area (TPSA) is 54.4 Å². The Morgan fingerprint density at radius 1 is 0.962 bits per heavy atom. The normalized spacial score (nSPS) is 10.7. The van der Waals surface area contributed by atoms with E-state index in [1.54, 1.807) is 36.4 Å². The van der Waals surface area contributed by atoms with Gasteiger partial charge in [0.1, 0.15) is 10.7 Å². The van der Waals surface area contributed by atoms with Crippen molar-refractivity contribution < 1.29 is 19.1 Å². The van der Waals surface area contributed by atoms with E-state index >= 15 is 0 Å². The predicted molar refractivity (Wildman–Crippen MR) is 100 cm³/mol. The maximum atomic E-state index is 13.4. The summed E-state index contributed by atoms with van der Waals surface area (Å²) < 4.78 is 13.4. The number of hydrogen-bond acceptors (Lipinski definition) is 3. The van der Waals surface area contributed by atoms with Crippen LogP contribution in [0.25, 0.3) is 11.1 Å². The number of carbonyl (C=O) groups excluding carboxylic acids is 1. The zero-order chi connectivity index (χ0) is 18.5. The van der Waals surface area contributed by atoms with Crippen LogP contribution in [-0.2, 0) is 6.42 Å². The number of thiophene rings is 1. The van der Waals surface area contributed by atoms with Gasteiger partial charge in [0.25, 0.3) is 0 Å². The standard InChI is InChI=1S/C21H17FO3S/c22-17-7-2-5-15(13-17)14-4-1-6-16(12-14)19(23)9-3-8-18-10-11-20(26-18)21(24)25/h1-2,4-7,10-13H,3,8-9H2,(H,24,25). The van der Waals surface area contributed by atoms with Gasteiger partial charge in [0.2, 0.25) is 0 Å². The number of hydrogen-bond donors (Lipinski definition) is 1. The third kappa shape index (κ3) is 4.43.